The van der Waals surface area contributed by atoms with Gasteiger partial charge in [0.2, 0.25) is 0 Å². The second kappa shape index (κ2) is 5.75. The third-order valence-electron chi connectivity index (χ3n) is 3.15. The molecule has 0 aromatic rings. The first-order chi connectivity index (χ1) is 6.35. The topological polar surface area (TPSA) is 3.24 Å². The summed E-state index contributed by atoms with van der Waals surface area (Å²) in [5.41, 5.74) is 0.346. The molecule has 86 valence electrons. The number of hydrogen-bond donors (Lipinski definition) is 0. The monoisotopic (exact) mass is 199 g/mol. The average molecular weight is 199 g/mol. The SMILES string of the molecule is CCC(C)N(CC)C(C)(C)CC(C)C. The van der Waals surface area contributed by atoms with Crippen molar-refractivity contribution in [3.8, 4) is 0 Å². The Balaban J connectivity index is 4.47. The molecule has 0 N–H and O–H groups in total. The molecule has 0 spiro atoms. The maximum Gasteiger partial charge on any atom is 0.0158 e. The zero-order valence-corrected chi connectivity index (χ0v) is 11.2. The maximum atomic E-state index is 2.63. The maximum absolute atomic E-state index is 2.63. The average Bonchev–Trinajstić information content (AvgIpc) is 2.02. The molecule has 0 saturated heterocycles. The van der Waals surface area contributed by atoms with Gasteiger partial charge in [-0.2, -0.15) is 0 Å². The van der Waals surface area contributed by atoms with E-state index < -0.39 is 0 Å². The molecule has 0 amide bonds. The minimum absolute atomic E-state index is 0.346. The lowest BCUT2D eigenvalue weighted by atomic mass is 9.89. The van der Waals surface area contributed by atoms with Crippen LogP contribution in [-0.4, -0.2) is 23.0 Å². The molecule has 0 aromatic carbocycles. The molecule has 1 heteroatoms. The van der Waals surface area contributed by atoms with E-state index in [2.05, 4.69) is 53.4 Å². The Labute approximate surface area is 90.9 Å². The molecule has 0 rings (SSSR count). The van der Waals surface area contributed by atoms with Crippen LogP contribution in [0, 0.1) is 5.92 Å². The molecule has 0 heterocycles. The van der Waals surface area contributed by atoms with Gasteiger partial charge in [-0.25, -0.2) is 0 Å². The number of rotatable bonds is 6. The highest BCUT2D eigenvalue weighted by atomic mass is 15.2. The van der Waals surface area contributed by atoms with Crippen LogP contribution >= 0.6 is 0 Å². The normalized spacial score (nSPS) is 15.2. The van der Waals surface area contributed by atoms with Crippen molar-refractivity contribution < 1.29 is 0 Å². The van der Waals surface area contributed by atoms with Gasteiger partial charge in [0.25, 0.3) is 0 Å². The van der Waals surface area contributed by atoms with Crippen molar-refractivity contribution in [1.29, 1.82) is 0 Å². The van der Waals surface area contributed by atoms with Gasteiger partial charge in [-0.05, 0) is 46.1 Å². The van der Waals surface area contributed by atoms with Crippen molar-refractivity contribution in [2.45, 2.75) is 72.9 Å². The van der Waals surface area contributed by atoms with E-state index in [-0.39, 0.29) is 0 Å². The third-order valence-corrected chi connectivity index (χ3v) is 3.15. The Hall–Kier alpha value is -0.0400. The van der Waals surface area contributed by atoms with Crippen LogP contribution in [0.4, 0.5) is 0 Å². The van der Waals surface area contributed by atoms with Gasteiger partial charge in [0.15, 0.2) is 0 Å². The van der Waals surface area contributed by atoms with E-state index in [9.17, 15) is 0 Å². The Bertz CT molecular complexity index is 149. The Kier molecular flexibility index (Phi) is 5.73. The van der Waals surface area contributed by atoms with E-state index >= 15 is 0 Å². The predicted molar refractivity (Wildman–Crippen MR) is 65.7 cm³/mol. The fourth-order valence-corrected chi connectivity index (χ4v) is 2.67. The highest BCUT2D eigenvalue weighted by molar-refractivity contribution is 4.84. The van der Waals surface area contributed by atoms with E-state index in [1.54, 1.807) is 0 Å². The quantitative estimate of drug-likeness (QED) is 0.626. The molecule has 0 aliphatic carbocycles. The van der Waals surface area contributed by atoms with Crippen LogP contribution in [0.3, 0.4) is 0 Å². The molecule has 1 atom stereocenters. The number of nitrogens with zero attached hydrogens (tertiary/aromatic N) is 1. The molecule has 0 aliphatic heterocycles. The van der Waals surface area contributed by atoms with Crippen LogP contribution in [0.2, 0.25) is 0 Å². The molecular formula is C13H29N. The second-order valence-corrected chi connectivity index (χ2v) is 5.45. The molecule has 0 radical (unpaired) electrons. The van der Waals surface area contributed by atoms with Crippen molar-refractivity contribution in [1.82, 2.24) is 4.90 Å². The highest BCUT2D eigenvalue weighted by Gasteiger charge is 2.28. The summed E-state index contributed by atoms with van der Waals surface area (Å²) in [5.74, 6) is 0.781. The predicted octanol–water partition coefficient (Wildman–Crippen LogP) is 3.93. The van der Waals surface area contributed by atoms with Crippen LogP contribution in [0.15, 0.2) is 0 Å². The third kappa shape index (κ3) is 4.00. The fraction of sp³-hybridized carbons (Fsp3) is 1.00. The van der Waals surface area contributed by atoms with E-state index in [1.165, 1.54) is 12.8 Å². The van der Waals surface area contributed by atoms with Gasteiger partial charge in [-0.1, -0.05) is 27.7 Å². The summed E-state index contributed by atoms with van der Waals surface area (Å²) in [4.78, 5) is 2.63. The lowest BCUT2D eigenvalue weighted by Crippen LogP contribution is -2.49. The van der Waals surface area contributed by atoms with Crippen LogP contribution in [0.1, 0.15) is 61.3 Å². The van der Waals surface area contributed by atoms with Crippen LogP contribution < -0.4 is 0 Å². The van der Waals surface area contributed by atoms with Gasteiger partial charge in [-0.15, -0.1) is 0 Å². The van der Waals surface area contributed by atoms with Crippen molar-refractivity contribution in [2.75, 3.05) is 6.54 Å². The van der Waals surface area contributed by atoms with Gasteiger partial charge in [0.05, 0.1) is 0 Å². The molecule has 0 aliphatic rings. The molecule has 1 unspecified atom stereocenters. The summed E-state index contributed by atoms with van der Waals surface area (Å²) in [5, 5.41) is 0. The van der Waals surface area contributed by atoms with Crippen LogP contribution in [-0.2, 0) is 0 Å². The highest BCUT2D eigenvalue weighted by Crippen LogP contribution is 2.26. The van der Waals surface area contributed by atoms with Crippen molar-refractivity contribution in [2.24, 2.45) is 5.92 Å². The van der Waals surface area contributed by atoms with Gasteiger partial charge in [-0.3, -0.25) is 4.90 Å². The zero-order chi connectivity index (χ0) is 11.4. The van der Waals surface area contributed by atoms with Gasteiger partial charge >= 0.3 is 0 Å². The summed E-state index contributed by atoms with van der Waals surface area (Å²) in [6, 6.07) is 0.703. The Morgan fingerprint density at radius 1 is 1.07 bits per heavy atom. The second-order valence-electron chi connectivity index (χ2n) is 5.45. The van der Waals surface area contributed by atoms with Gasteiger partial charge in [0, 0.05) is 11.6 Å². The Morgan fingerprint density at radius 2 is 1.57 bits per heavy atom. The summed E-state index contributed by atoms with van der Waals surface area (Å²) in [6.45, 7) is 17.4. The standard InChI is InChI=1S/C13H29N/c1-8-12(5)14(9-2)13(6,7)10-11(3)4/h11-12H,8-10H2,1-7H3. The molecular weight excluding hydrogens is 170 g/mol. The van der Waals surface area contributed by atoms with Crippen molar-refractivity contribution in [3.05, 3.63) is 0 Å². The molecule has 0 bridgehead atoms. The first kappa shape index (κ1) is 14.0. The van der Waals surface area contributed by atoms with Gasteiger partial charge < -0.3 is 0 Å². The minimum Gasteiger partial charge on any atom is -0.296 e. The first-order valence-corrected chi connectivity index (χ1v) is 6.11. The van der Waals surface area contributed by atoms with E-state index in [0.29, 0.717) is 11.6 Å². The van der Waals surface area contributed by atoms with Crippen LogP contribution in [0.5, 0.6) is 0 Å². The summed E-state index contributed by atoms with van der Waals surface area (Å²) < 4.78 is 0. The fourth-order valence-electron chi connectivity index (χ4n) is 2.67. The largest absolute Gasteiger partial charge is 0.296 e. The first-order valence-electron chi connectivity index (χ1n) is 6.11. The molecule has 14 heavy (non-hydrogen) atoms. The molecule has 0 saturated carbocycles. The van der Waals surface area contributed by atoms with E-state index in [4.69, 9.17) is 0 Å². The van der Waals surface area contributed by atoms with Crippen molar-refractivity contribution in [3.63, 3.8) is 0 Å². The summed E-state index contributed by atoms with van der Waals surface area (Å²) >= 11 is 0. The minimum atomic E-state index is 0.346. The summed E-state index contributed by atoms with van der Waals surface area (Å²) in [7, 11) is 0. The zero-order valence-electron chi connectivity index (χ0n) is 11.2. The van der Waals surface area contributed by atoms with Crippen molar-refractivity contribution >= 4 is 0 Å². The molecule has 0 fully saturated rings. The lowest BCUT2D eigenvalue weighted by Gasteiger charge is -2.43. The van der Waals surface area contributed by atoms with E-state index in [0.717, 1.165) is 12.5 Å². The summed E-state index contributed by atoms with van der Waals surface area (Å²) in [6.07, 6.45) is 2.53. The molecule has 1 nitrogen and oxygen atoms in total. The van der Waals surface area contributed by atoms with Crippen LogP contribution in [0.25, 0.3) is 0 Å². The Morgan fingerprint density at radius 3 is 1.86 bits per heavy atom. The number of hydrogen-bond acceptors (Lipinski definition) is 1. The van der Waals surface area contributed by atoms with Gasteiger partial charge in [0.1, 0.15) is 0 Å². The lowest BCUT2D eigenvalue weighted by molar-refractivity contribution is 0.0633. The van der Waals surface area contributed by atoms with E-state index in [1.807, 2.05) is 0 Å². The smallest absolute Gasteiger partial charge is 0.0158 e. The molecule has 0 aromatic heterocycles.